The number of nitrogens with zero attached hydrogens (tertiary/aromatic N) is 3. The highest BCUT2D eigenvalue weighted by atomic mass is 32.1. The standard InChI is InChI=1S/C13H12N4S/c1-14-13-17-16-12(18-13)8-9-6-7-15-11-5-3-2-4-10(9)11/h2-7H,8H2,1H3,(H,14,17). The molecule has 18 heavy (non-hydrogen) atoms. The Balaban J connectivity index is 1.99. The molecule has 0 unspecified atom stereocenters. The largest absolute Gasteiger partial charge is 0.363 e. The van der Waals surface area contributed by atoms with E-state index in [0.717, 1.165) is 22.1 Å². The quantitative estimate of drug-likeness (QED) is 0.783. The van der Waals surface area contributed by atoms with Crippen LogP contribution in [0.25, 0.3) is 10.9 Å². The molecule has 0 saturated carbocycles. The molecule has 0 bridgehead atoms. The molecule has 0 radical (unpaired) electrons. The summed E-state index contributed by atoms with van der Waals surface area (Å²) in [5.74, 6) is 0. The maximum atomic E-state index is 4.36. The lowest BCUT2D eigenvalue weighted by atomic mass is 10.1. The van der Waals surface area contributed by atoms with E-state index in [1.54, 1.807) is 11.3 Å². The lowest BCUT2D eigenvalue weighted by molar-refractivity contribution is 1.01. The van der Waals surface area contributed by atoms with Gasteiger partial charge in [-0.05, 0) is 17.7 Å². The summed E-state index contributed by atoms with van der Waals surface area (Å²) in [4.78, 5) is 4.36. The highest BCUT2D eigenvalue weighted by Gasteiger charge is 2.07. The van der Waals surface area contributed by atoms with E-state index in [9.17, 15) is 0 Å². The number of nitrogens with one attached hydrogen (secondary N) is 1. The van der Waals surface area contributed by atoms with Crippen LogP contribution < -0.4 is 5.32 Å². The van der Waals surface area contributed by atoms with Crippen molar-refractivity contribution in [3.8, 4) is 0 Å². The first-order valence-corrected chi connectivity index (χ1v) is 6.51. The van der Waals surface area contributed by atoms with Crippen molar-refractivity contribution in [1.29, 1.82) is 0 Å². The van der Waals surface area contributed by atoms with Gasteiger partial charge in [0.15, 0.2) is 0 Å². The van der Waals surface area contributed by atoms with Gasteiger partial charge in [-0.2, -0.15) is 0 Å². The molecule has 0 amide bonds. The zero-order chi connectivity index (χ0) is 12.4. The average Bonchev–Trinajstić information content (AvgIpc) is 2.87. The van der Waals surface area contributed by atoms with E-state index < -0.39 is 0 Å². The Kier molecular flexibility index (Phi) is 2.90. The Hall–Kier alpha value is -2.01. The molecule has 0 atom stereocenters. The fraction of sp³-hybridized carbons (Fsp3) is 0.154. The molecule has 1 N–H and O–H groups in total. The smallest absolute Gasteiger partial charge is 0.205 e. The van der Waals surface area contributed by atoms with Gasteiger partial charge in [0.1, 0.15) is 5.01 Å². The Labute approximate surface area is 109 Å². The molecule has 0 saturated heterocycles. The maximum Gasteiger partial charge on any atom is 0.205 e. The molecular weight excluding hydrogens is 244 g/mol. The summed E-state index contributed by atoms with van der Waals surface area (Å²) in [7, 11) is 1.85. The van der Waals surface area contributed by atoms with Gasteiger partial charge in [-0.15, -0.1) is 10.2 Å². The van der Waals surface area contributed by atoms with E-state index in [2.05, 4.69) is 26.6 Å². The topological polar surface area (TPSA) is 50.7 Å². The van der Waals surface area contributed by atoms with Crippen molar-refractivity contribution in [2.75, 3.05) is 12.4 Å². The summed E-state index contributed by atoms with van der Waals surface area (Å²) in [5, 5.41) is 14.3. The molecular formula is C13H12N4S. The SMILES string of the molecule is CNc1nnc(Cc2ccnc3ccccc23)s1. The summed E-state index contributed by atoms with van der Waals surface area (Å²) < 4.78 is 0. The van der Waals surface area contributed by atoms with Crippen LogP contribution in [0.5, 0.6) is 0 Å². The first-order valence-electron chi connectivity index (χ1n) is 5.69. The minimum Gasteiger partial charge on any atom is -0.363 e. The van der Waals surface area contributed by atoms with E-state index in [1.165, 1.54) is 10.9 Å². The molecule has 0 spiro atoms. The van der Waals surface area contributed by atoms with Gasteiger partial charge in [-0.3, -0.25) is 4.98 Å². The average molecular weight is 256 g/mol. The third kappa shape index (κ3) is 2.04. The molecule has 0 aliphatic heterocycles. The van der Waals surface area contributed by atoms with Crippen LogP contribution in [0.3, 0.4) is 0 Å². The lowest BCUT2D eigenvalue weighted by Crippen LogP contribution is -1.90. The number of hydrogen-bond donors (Lipinski definition) is 1. The highest BCUT2D eigenvalue weighted by Crippen LogP contribution is 2.22. The number of aromatic nitrogens is 3. The first kappa shape index (κ1) is 11.1. The zero-order valence-electron chi connectivity index (χ0n) is 9.92. The van der Waals surface area contributed by atoms with Gasteiger partial charge < -0.3 is 5.32 Å². The summed E-state index contributed by atoms with van der Waals surface area (Å²) in [6.45, 7) is 0. The molecule has 1 aromatic carbocycles. The zero-order valence-corrected chi connectivity index (χ0v) is 10.7. The fourth-order valence-electron chi connectivity index (χ4n) is 1.90. The first-order chi connectivity index (χ1) is 8.86. The van der Waals surface area contributed by atoms with Crippen molar-refractivity contribution in [1.82, 2.24) is 15.2 Å². The van der Waals surface area contributed by atoms with E-state index in [4.69, 9.17) is 0 Å². The van der Waals surface area contributed by atoms with Gasteiger partial charge in [0, 0.05) is 25.1 Å². The number of hydrogen-bond acceptors (Lipinski definition) is 5. The van der Waals surface area contributed by atoms with Crippen LogP contribution in [-0.4, -0.2) is 22.2 Å². The summed E-state index contributed by atoms with van der Waals surface area (Å²) >= 11 is 1.58. The Morgan fingerprint density at radius 2 is 2.06 bits per heavy atom. The normalized spacial score (nSPS) is 10.7. The van der Waals surface area contributed by atoms with Gasteiger partial charge in [0.05, 0.1) is 5.52 Å². The second-order valence-corrected chi connectivity index (χ2v) is 4.98. The second kappa shape index (κ2) is 4.70. The number of benzene rings is 1. The maximum absolute atomic E-state index is 4.36. The Morgan fingerprint density at radius 1 is 1.17 bits per heavy atom. The molecule has 2 heterocycles. The van der Waals surface area contributed by atoms with Crippen LogP contribution in [-0.2, 0) is 6.42 Å². The van der Waals surface area contributed by atoms with Crippen molar-refractivity contribution in [3.05, 3.63) is 47.1 Å². The summed E-state index contributed by atoms with van der Waals surface area (Å²) in [5.41, 5.74) is 2.26. The Bertz CT molecular complexity index is 672. The van der Waals surface area contributed by atoms with Crippen molar-refractivity contribution in [3.63, 3.8) is 0 Å². The van der Waals surface area contributed by atoms with Gasteiger partial charge in [0.25, 0.3) is 0 Å². The van der Waals surface area contributed by atoms with E-state index in [-0.39, 0.29) is 0 Å². The van der Waals surface area contributed by atoms with Gasteiger partial charge in [0.2, 0.25) is 5.13 Å². The molecule has 0 aliphatic carbocycles. The fourth-order valence-corrected chi connectivity index (χ4v) is 2.61. The van der Waals surface area contributed by atoms with Crippen LogP contribution in [0, 0.1) is 0 Å². The number of anilines is 1. The lowest BCUT2D eigenvalue weighted by Gasteiger charge is -2.03. The van der Waals surface area contributed by atoms with E-state index >= 15 is 0 Å². The predicted molar refractivity (Wildman–Crippen MR) is 74.0 cm³/mol. The van der Waals surface area contributed by atoms with Gasteiger partial charge in [-0.25, -0.2) is 0 Å². The molecule has 5 heteroatoms. The van der Waals surface area contributed by atoms with E-state index in [0.29, 0.717) is 0 Å². The molecule has 90 valence electrons. The van der Waals surface area contributed by atoms with E-state index in [1.807, 2.05) is 37.5 Å². The van der Waals surface area contributed by atoms with Crippen molar-refractivity contribution in [2.45, 2.75) is 6.42 Å². The number of rotatable bonds is 3. The Morgan fingerprint density at radius 3 is 2.89 bits per heavy atom. The number of pyridine rings is 1. The van der Waals surface area contributed by atoms with Crippen LogP contribution in [0.4, 0.5) is 5.13 Å². The molecule has 3 aromatic rings. The molecule has 0 aliphatic rings. The molecule has 3 rings (SSSR count). The van der Waals surface area contributed by atoms with Crippen molar-refractivity contribution in [2.24, 2.45) is 0 Å². The number of fused-ring (bicyclic) bond motifs is 1. The summed E-state index contributed by atoms with van der Waals surface area (Å²) in [6, 6.07) is 10.2. The highest BCUT2D eigenvalue weighted by molar-refractivity contribution is 7.15. The monoisotopic (exact) mass is 256 g/mol. The van der Waals surface area contributed by atoms with Crippen molar-refractivity contribution >= 4 is 27.4 Å². The van der Waals surface area contributed by atoms with Crippen molar-refractivity contribution < 1.29 is 0 Å². The number of para-hydroxylation sites is 1. The predicted octanol–water partition coefficient (Wildman–Crippen LogP) is 2.72. The minimum absolute atomic E-state index is 0.794. The summed E-state index contributed by atoms with van der Waals surface area (Å²) in [6.07, 6.45) is 2.64. The van der Waals surface area contributed by atoms with Gasteiger partial charge in [-0.1, -0.05) is 29.5 Å². The minimum atomic E-state index is 0.794. The van der Waals surface area contributed by atoms with Crippen LogP contribution in [0.2, 0.25) is 0 Å². The third-order valence-corrected chi connectivity index (χ3v) is 3.70. The third-order valence-electron chi connectivity index (χ3n) is 2.76. The van der Waals surface area contributed by atoms with Crippen LogP contribution in [0.15, 0.2) is 36.5 Å². The molecule has 2 aromatic heterocycles. The molecule has 4 nitrogen and oxygen atoms in total. The van der Waals surface area contributed by atoms with Gasteiger partial charge >= 0.3 is 0 Å². The van der Waals surface area contributed by atoms with Crippen LogP contribution in [0.1, 0.15) is 10.6 Å². The van der Waals surface area contributed by atoms with Crippen LogP contribution >= 0.6 is 11.3 Å². The second-order valence-electron chi connectivity index (χ2n) is 3.91. The molecule has 0 fully saturated rings.